The zero-order valence-electron chi connectivity index (χ0n) is 18.3. The van der Waals surface area contributed by atoms with Crippen molar-refractivity contribution in [1.82, 2.24) is 10.2 Å². The monoisotopic (exact) mass is 445 g/mol. The number of likely N-dealkylation sites (tertiary alicyclic amines) is 1. The molecule has 1 saturated heterocycles. The number of rotatable bonds is 8. The first-order valence-corrected chi connectivity index (χ1v) is 12.1. The molecular weight excluding hydrogens is 414 g/mol. The minimum atomic E-state index is -3.84. The van der Waals surface area contributed by atoms with Crippen LogP contribution < -0.4 is 14.8 Å². The number of piperidine rings is 1. The Labute approximate surface area is 184 Å². The van der Waals surface area contributed by atoms with E-state index in [1.807, 2.05) is 6.92 Å². The average molecular weight is 446 g/mol. The highest BCUT2D eigenvalue weighted by atomic mass is 32.2. The summed E-state index contributed by atoms with van der Waals surface area (Å²) in [5, 5.41) is 3.02. The van der Waals surface area contributed by atoms with Gasteiger partial charge in [-0.25, -0.2) is 8.42 Å². The van der Waals surface area contributed by atoms with Gasteiger partial charge in [0.05, 0.1) is 12.0 Å². The van der Waals surface area contributed by atoms with E-state index in [-0.39, 0.29) is 16.8 Å². The maximum atomic E-state index is 12.9. The Kier molecular flexibility index (Phi) is 7.56. The van der Waals surface area contributed by atoms with Gasteiger partial charge in [-0.15, -0.1) is 0 Å². The van der Waals surface area contributed by atoms with E-state index in [9.17, 15) is 13.2 Å². The van der Waals surface area contributed by atoms with Gasteiger partial charge in [-0.3, -0.25) is 9.52 Å². The number of carbonyl (C=O) groups is 1. The topological polar surface area (TPSA) is 87.7 Å². The van der Waals surface area contributed by atoms with Crippen molar-refractivity contribution in [1.29, 1.82) is 0 Å². The van der Waals surface area contributed by atoms with Crippen molar-refractivity contribution < 1.29 is 17.9 Å². The third kappa shape index (κ3) is 6.21. The van der Waals surface area contributed by atoms with Gasteiger partial charge in [0.15, 0.2) is 0 Å². The Morgan fingerprint density at radius 2 is 1.77 bits per heavy atom. The van der Waals surface area contributed by atoms with Crippen molar-refractivity contribution in [2.24, 2.45) is 0 Å². The van der Waals surface area contributed by atoms with Gasteiger partial charge in [0, 0.05) is 23.8 Å². The maximum Gasteiger partial charge on any atom is 0.261 e. The molecule has 0 saturated carbocycles. The van der Waals surface area contributed by atoms with Crippen molar-refractivity contribution in [2.45, 2.75) is 44.0 Å². The molecule has 0 radical (unpaired) electrons. The number of nitrogens with zero attached hydrogens (tertiary/aromatic N) is 1. The molecule has 1 fully saturated rings. The van der Waals surface area contributed by atoms with Crippen LogP contribution in [0.4, 0.5) is 5.69 Å². The largest absolute Gasteiger partial charge is 0.497 e. The van der Waals surface area contributed by atoms with Gasteiger partial charge in [0.1, 0.15) is 5.75 Å². The number of nitrogens with one attached hydrogen (secondary N) is 2. The molecule has 31 heavy (non-hydrogen) atoms. The summed E-state index contributed by atoms with van der Waals surface area (Å²) in [6.07, 6.45) is 3.66. The van der Waals surface area contributed by atoms with Crippen molar-refractivity contribution in [3.63, 3.8) is 0 Å². The zero-order valence-corrected chi connectivity index (χ0v) is 19.2. The van der Waals surface area contributed by atoms with Crippen LogP contribution in [0.5, 0.6) is 5.75 Å². The first-order chi connectivity index (χ1) is 14.8. The number of anilines is 1. The van der Waals surface area contributed by atoms with Gasteiger partial charge in [0.25, 0.3) is 15.9 Å². The summed E-state index contributed by atoms with van der Waals surface area (Å²) in [6, 6.07) is 11.2. The normalized spacial score (nSPS) is 15.8. The van der Waals surface area contributed by atoms with Crippen LogP contribution in [0.25, 0.3) is 0 Å². The molecule has 1 heterocycles. The summed E-state index contributed by atoms with van der Waals surface area (Å²) in [6.45, 7) is 6.70. The number of carbonyl (C=O) groups excluding carboxylic acids is 1. The van der Waals surface area contributed by atoms with Crippen LogP contribution in [0.2, 0.25) is 0 Å². The fourth-order valence-electron chi connectivity index (χ4n) is 3.76. The number of aryl methyl sites for hydroxylation is 1. The van der Waals surface area contributed by atoms with E-state index in [4.69, 9.17) is 4.74 Å². The smallest absolute Gasteiger partial charge is 0.261 e. The highest BCUT2D eigenvalue weighted by Gasteiger charge is 2.20. The summed E-state index contributed by atoms with van der Waals surface area (Å²) in [5.41, 5.74) is 1.51. The Bertz CT molecular complexity index is 1000. The molecule has 1 atom stereocenters. The third-order valence-electron chi connectivity index (χ3n) is 5.46. The van der Waals surface area contributed by atoms with Crippen LogP contribution in [-0.4, -0.2) is 52.0 Å². The molecule has 0 aliphatic carbocycles. The van der Waals surface area contributed by atoms with Crippen LogP contribution >= 0.6 is 0 Å². The lowest BCUT2D eigenvalue weighted by Crippen LogP contribution is -2.43. The molecule has 2 aromatic carbocycles. The van der Waals surface area contributed by atoms with Crippen LogP contribution in [0.3, 0.4) is 0 Å². The Morgan fingerprint density at radius 1 is 1.10 bits per heavy atom. The molecule has 0 aromatic heterocycles. The third-order valence-corrected chi connectivity index (χ3v) is 6.84. The van der Waals surface area contributed by atoms with E-state index in [1.54, 1.807) is 44.4 Å². The molecule has 2 N–H and O–H groups in total. The number of methoxy groups -OCH3 is 1. The SMILES string of the molecule is COc1ccc(NS(=O)(=O)c2ccc(C)c(C(=O)NC(C)CN3CCCCC3)c2)cc1. The second-order valence-corrected chi connectivity index (χ2v) is 9.73. The van der Waals surface area contributed by atoms with Crippen LogP contribution in [0.1, 0.15) is 42.1 Å². The quantitative estimate of drug-likeness (QED) is 0.650. The molecule has 2 aromatic rings. The molecule has 0 spiro atoms. The van der Waals surface area contributed by atoms with Crippen molar-refractivity contribution >= 4 is 21.6 Å². The summed E-state index contributed by atoms with van der Waals surface area (Å²) < 4.78 is 33.3. The second kappa shape index (κ2) is 10.2. The van der Waals surface area contributed by atoms with E-state index < -0.39 is 10.0 Å². The summed E-state index contributed by atoms with van der Waals surface area (Å²) in [4.78, 5) is 15.3. The highest BCUT2D eigenvalue weighted by Crippen LogP contribution is 2.21. The number of sulfonamides is 1. The molecule has 1 aliphatic rings. The summed E-state index contributed by atoms with van der Waals surface area (Å²) in [7, 11) is -2.29. The molecule has 168 valence electrons. The number of benzene rings is 2. The van der Waals surface area contributed by atoms with Gasteiger partial charge in [-0.1, -0.05) is 12.5 Å². The minimum absolute atomic E-state index is 0.0253. The molecule has 1 aliphatic heterocycles. The molecule has 1 amide bonds. The van der Waals surface area contributed by atoms with Crippen LogP contribution in [0.15, 0.2) is 47.4 Å². The number of ether oxygens (including phenoxy) is 1. The van der Waals surface area contributed by atoms with Gasteiger partial charge in [-0.2, -0.15) is 0 Å². The number of hydrogen-bond acceptors (Lipinski definition) is 5. The lowest BCUT2D eigenvalue weighted by atomic mass is 10.1. The Morgan fingerprint density at radius 3 is 2.42 bits per heavy atom. The standard InChI is InChI=1S/C23H31N3O4S/c1-17-7-12-21(31(28,29)25-19-8-10-20(30-3)11-9-19)15-22(17)23(27)24-18(2)16-26-13-5-4-6-14-26/h7-12,15,18,25H,4-6,13-14,16H2,1-3H3,(H,24,27). The molecule has 8 heteroatoms. The number of hydrogen-bond donors (Lipinski definition) is 2. The van der Waals surface area contributed by atoms with Gasteiger partial charge < -0.3 is 15.0 Å². The molecule has 0 bridgehead atoms. The predicted octanol–water partition coefficient (Wildman–Crippen LogP) is 3.41. The van der Waals surface area contributed by atoms with Gasteiger partial charge in [0.2, 0.25) is 0 Å². The van der Waals surface area contributed by atoms with Gasteiger partial charge >= 0.3 is 0 Å². The summed E-state index contributed by atoms with van der Waals surface area (Å²) in [5.74, 6) is 0.374. The van der Waals surface area contributed by atoms with Crippen LogP contribution in [-0.2, 0) is 10.0 Å². The van der Waals surface area contributed by atoms with Crippen LogP contribution in [0, 0.1) is 6.92 Å². The van der Waals surface area contributed by atoms with Crippen molar-refractivity contribution in [3.05, 3.63) is 53.6 Å². The van der Waals surface area contributed by atoms with E-state index in [2.05, 4.69) is 14.9 Å². The molecule has 7 nitrogen and oxygen atoms in total. The lowest BCUT2D eigenvalue weighted by Gasteiger charge is -2.29. The molecule has 3 rings (SSSR count). The minimum Gasteiger partial charge on any atom is -0.497 e. The predicted molar refractivity (Wildman–Crippen MR) is 122 cm³/mol. The molecule has 1 unspecified atom stereocenters. The van der Waals surface area contributed by atoms with E-state index in [0.717, 1.165) is 25.2 Å². The Balaban J connectivity index is 1.71. The fourth-order valence-corrected chi connectivity index (χ4v) is 4.85. The fraction of sp³-hybridized carbons (Fsp3) is 0.435. The molecular formula is C23H31N3O4S. The van der Waals surface area contributed by atoms with E-state index in [0.29, 0.717) is 17.0 Å². The van der Waals surface area contributed by atoms with Gasteiger partial charge in [-0.05, 0) is 81.7 Å². The second-order valence-electron chi connectivity index (χ2n) is 8.05. The average Bonchev–Trinajstić information content (AvgIpc) is 2.74. The number of amides is 1. The van der Waals surface area contributed by atoms with Crippen molar-refractivity contribution in [2.75, 3.05) is 31.5 Å². The maximum absolute atomic E-state index is 12.9. The Hall–Kier alpha value is -2.58. The van der Waals surface area contributed by atoms with E-state index >= 15 is 0 Å². The van der Waals surface area contributed by atoms with Crippen molar-refractivity contribution in [3.8, 4) is 5.75 Å². The highest BCUT2D eigenvalue weighted by molar-refractivity contribution is 7.92. The zero-order chi connectivity index (χ0) is 22.4. The lowest BCUT2D eigenvalue weighted by molar-refractivity contribution is 0.0925. The first kappa shape index (κ1) is 23.1. The summed E-state index contributed by atoms with van der Waals surface area (Å²) >= 11 is 0. The first-order valence-electron chi connectivity index (χ1n) is 10.6. The van der Waals surface area contributed by atoms with E-state index in [1.165, 1.54) is 31.4 Å².